The lowest BCUT2D eigenvalue weighted by molar-refractivity contribution is 0.0874. The van der Waals surface area contributed by atoms with Gasteiger partial charge in [-0.25, -0.2) is 0 Å². The average Bonchev–Trinajstić information content (AvgIpc) is 3.03. The van der Waals surface area contributed by atoms with Crippen molar-refractivity contribution in [3.63, 3.8) is 0 Å². The second kappa shape index (κ2) is 8.36. The highest BCUT2D eigenvalue weighted by Gasteiger charge is 2.34. The van der Waals surface area contributed by atoms with Crippen LogP contribution in [0.1, 0.15) is 34.3 Å². The van der Waals surface area contributed by atoms with Gasteiger partial charge >= 0.3 is 0 Å². The number of benzene rings is 2. The van der Waals surface area contributed by atoms with Crippen LogP contribution in [0.4, 0.5) is 0 Å². The van der Waals surface area contributed by atoms with E-state index in [1.807, 2.05) is 12.1 Å². The van der Waals surface area contributed by atoms with Gasteiger partial charge in [0.25, 0.3) is 0 Å². The molecule has 0 aromatic heterocycles. The molecule has 4 nitrogen and oxygen atoms in total. The molecule has 148 valence electrons. The minimum Gasteiger partial charge on any atom is -0.493 e. The lowest BCUT2D eigenvalue weighted by Gasteiger charge is -2.33. The predicted molar refractivity (Wildman–Crippen MR) is 110 cm³/mol. The van der Waals surface area contributed by atoms with Crippen LogP contribution in [0.25, 0.3) is 0 Å². The van der Waals surface area contributed by atoms with Crippen LogP contribution in [0.2, 0.25) is 0 Å². The van der Waals surface area contributed by atoms with Crippen LogP contribution in [0.3, 0.4) is 0 Å². The summed E-state index contributed by atoms with van der Waals surface area (Å²) in [5.74, 6) is 2.40. The van der Waals surface area contributed by atoms with Crippen LogP contribution in [-0.4, -0.2) is 44.5 Å². The van der Waals surface area contributed by atoms with E-state index >= 15 is 0 Å². The Kier molecular flexibility index (Phi) is 5.67. The average molecular weight is 380 g/mol. The highest BCUT2D eigenvalue weighted by atomic mass is 16.5. The van der Waals surface area contributed by atoms with E-state index in [1.54, 1.807) is 14.2 Å². The number of nitrogens with zero attached hydrogens (tertiary/aromatic N) is 1. The molecule has 2 aromatic rings. The Bertz CT molecular complexity index is 825. The predicted octanol–water partition coefficient (Wildman–Crippen LogP) is 4.01. The van der Waals surface area contributed by atoms with Crippen molar-refractivity contribution >= 4 is 5.78 Å². The van der Waals surface area contributed by atoms with E-state index in [0.717, 1.165) is 43.1 Å². The topological polar surface area (TPSA) is 38.8 Å². The third-order valence-electron chi connectivity index (χ3n) is 6.26. The summed E-state index contributed by atoms with van der Waals surface area (Å²) in [5.41, 5.74) is 3.33. The first-order chi connectivity index (χ1) is 13.7. The molecule has 1 fully saturated rings. The fraction of sp³-hybridized carbons (Fsp3) is 0.458. The van der Waals surface area contributed by atoms with Gasteiger partial charge in [0.05, 0.1) is 14.2 Å². The zero-order valence-electron chi connectivity index (χ0n) is 16.8. The first kappa shape index (κ1) is 19.0. The summed E-state index contributed by atoms with van der Waals surface area (Å²) in [4.78, 5) is 15.4. The molecule has 1 atom stereocenters. The first-order valence-corrected chi connectivity index (χ1v) is 10.2. The van der Waals surface area contributed by atoms with Crippen molar-refractivity contribution in [2.75, 3.05) is 33.9 Å². The van der Waals surface area contributed by atoms with E-state index in [-0.39, 0.29) is 11.7 Å². The van der Waals surface area contributed by atoms with Crippen LogP contribution in [0.15, 0.2) is 42.5 Å². The number of carbonyl (C=O) groups is 1. The van der Waals surface area contributed by atoms with Gasteiger partial charge < -0.3 is 14.4 Å². The molecule has 1 aliphatic carbocycles. The SMILES string of the molecule is COc1cc2c(cc1OC)C(=O)C(CN1CCC(Cc3ccccc3)CC1)C2. The molecule has 1 unspecified atom stereocenters. The molecule has 4 heteroatoms. The number of methoxy groups -OCH3 is 2. The minimum atomic E-state index is 0.0532. The van der Waals surface area contributed by atoms with E-state index < -0.39 is 0 Å². The molecule has 2 aromatic carbocycles. The summed E-state index contributed by atoms with van der Waals surface area (Å²) < 4.78 is 10.8. The first-order valence-electron chi connectivity index (χ1n) is 10.2. The van der Waals surface area contributed by atoms with Gasteiger partial charge in [-0.15, -0.1) is 0 Å². The molecule has 4 rings (SSSR count). The third kappa shape index (κ3) is 3.93. The normalized spacial score (nSPS) is 20.2. The Balaban J connectivity index is 1.34. The summed E-state index contributed by atoms with van der Waals surface area (Å²) in [6.07, 6.45) is 4.40. The van der Waals surface area contributed by atoms with E-state index in [9.17, 15) is 4.79 Å². The van der Waals surface area contributed by atoms with Crippen molar-refractivity contribution in [1.82, 2.24) is 4.90 Å². The number of ether oxygens (including phenoxy) is 2. The second-order valence-electron chi connectivity index (χ2n) is 8.06. The van der Waals surface area contributed by atoms with Crippen molar-refractivity contribution in [3.05, 3.63) is 59.2 Å². The quantitative estimate of drug-likeness (QED) is 0.760. The summed E-state index contributed by atoms with van der Waals surface area (Å²) in [6, 6.07) is 14.6. The number of fused-ring (bicyclic) bond motifs is 1. The van der Waals surface area contributed by atoms with Crippen LogP contribution in [0, 0.1) is 11.8 Å². The highest BCUT2D eigenvalue weighted by molar-refractivity contribution is 6.03. The molecule has 0 radical (unpaired) electrons. The number of hydrogen-bond donors (Lipinski definition) is 0. The Hall–Kier alpha value is -2.33. The molecular weight excluding hydrogens is 350 g/mol. The Morgan fingerprint density at radius 3 is 2.36 bits per heavy atom. The molecule has 0 bridgehead atoms. The van der Waals surface area contributed by atoms with Gasteiger partial charge in [0.2, 0.25) is 0 Å². The molecular formula is C24H29NO3. The van der Waals surface area contributed by atoms with Gasteiger partial charge in [-0.1, -0.05) is 30.3 Å². The van der Waals surface area contributed by atoms with Gasteiger partial charge in [-0.2, -0.15) is 0 Å². The van der Waals surface area contributed by atoms with Crippen molar-refractivity contribution in [1.29, 1.82) is 0 Å². The largest absolute Gasteiger partial charge is 0.493 e. The smallest absolute Gasteiger partial charge is 0.167 e. The molecule has 0 saturated carbocycles. The fourth-order valence-electron chi connectivity index (χ4n) is 4.68. The monoisotopic (exact) mass is 379 g/mol. The maximum atomic E-state index is 12.9. The lowest BCUT2D eigenvalue weighted by Crippen LogP contribution is -2.38. The number of rotatable bonds is 6. The summed E-state index contributed by atoms with van der Waals surface area (Å²) >= 11 is 0. The highest BCUT2D eigenvalue weighted by Crippen LogP contribution is 2.37. The number of hydrogen-bond acceptors (Lipinski definition) is 4. The number of piperidine rings is 1. The molecule has 1 saturated heterocycles. The van der Waals surface area contributed by atoms with Crippen molar-refractivity contribution in [2.45, 2.75) is 25.7 Å². The minimum absolute atomic E-state index is 0.0532. The standard InChI is InChI=1S/C24H29NO3/c1-27-22-14-19-13-20(24(26)21(19)15-23(22)28-2)16-25-10-8-18(9-11-25)12-17-6-4-3-5-7-17/h3-7,14-15,18,20H,8-13,16H2,1-2H3. The van der Waals surface area contributed by atoms with Crippen LogP contribution < -0.4 is 9.47 Å². The Morgan fingerprint density at radius 1 is 1.00 bits per heavy atom. The van der Waals surface area contributed by atoms with Crippen molar-refractivity contribution in [2.24, 2.45) is 11.8 Å². The van der Waals surface area contributed by atoms with Gasteiger partial charge in [0.1, 0.15) is 0 Å². The lowest BCUT2D eigenvalue weighted by atomic mass is 9.89. The van der Waals surface area contributed by atoms with E-state index in [1.165, 1.54) is 24.8 Å². The number of carbonyl (C=O) groups excluding carboxylic acids is 1. The Labute approximate surface area is 167 Å². The van der Waals surface area contributed by atoms with Gasteiger partial charge in [0, 0.05) is 18.0 Å². The maximum absolute atomic E-state index is 12.9. The van der Waals surface area contributed by atoms with Crippen molar-refractivity contribution in [3.8, 4) is 11.5 Å². The molecule has 1 heterocycles. The van der Waals surface area contributed by atoms with Crippen molar-refractivity contribution < 1.29 is 14.3 Å². The van der Waals surface area contributed by atoms with E-state index in [2.05, 4.69) is 35.2 Å². The summed E-state index contributed by atoms with van der Waals surface area (Å²) in [6.45, 7) is 3.03. The zero-order chi connectivity index (χ0) is 19.5. The molecule has 0 N–H and O–H groups in total. The number of ketones is 1. The second-order valence-corrected chi connectivity index (χ2v) is 8.06. The molecule has 2 aliphatic rings. The van der Waals surface area contributed by atoms with Gasteiger partial charge in [0.15, 0.2) is 17.3 Å². The van der Waals surface area contributed by atoms with Crippen LogP contribution >= 0.6 is 0 Å². The van der Waals surface area contributed by atoms with Crippen LogP contribution in [-0.2, 0) is 12.8 Å². The van der Waals surface area contributed by atoms with Crippen LogP contribution in [0.5, 0.6) is 11.5 Å². The fourth-order valence-corrected chi connectivity index (χ4v) is 4.68. The number of likely N-dealkylation sites (tertiary alicyclic amines) is 1. The Morgan fingerprint density at radius 2 is 1.68 bits per heavy atom. The van der Waals surface area contributed by atoms with E-state index in [0.29, 0.717) is 11.5 Å². The molecule has 1 aliphatic heterocycles. The molecule has 28 heavy (non-hydrogen) atoms. The molecule has 0 spiro atoms. The maximum Gasteiger partial charge on any atom is 0.167 e. The van der Waals surface area contributed by atoms with Gasteiger partial charge in [-0.3, -0.25) is 4.79 Å². The summed E-state index contributed by atoms with van der Waals surface area (Å²) in [5, 5.41) is 0. The zero-order valence-corrected chi connectivity index (χ0v) is 16.8. The van der Waals surface area contributed by atoms with Gasteiger partial charge in [-0.05, 0) is 68.0 Å². The molecule has 0 amide bonds. The summed E-state index contributed by atoms with van der Waals surface area (Å²) in [7, 11) is 3.25. The van der Waals surface area contributed by atoms with E-state index in [4.69, 9.17) is 9.47 Å². The third-order valence-corrected chi connectivity index (χ3v) is 6.26. The number of Topliss-reactive ketones (excluding diaryl/α,β-unsaturated/α-hetero) is 1.